The number of ether oxygens (including phenoxy) is 1. The van der Waals surface area contributed by atoms with Crippen LogP contribution in [0.4, 0.5) is 4.39 Å². The van der Waals surface area contributed by atoms with Crippen LogP contribution in [0.3, 0.4) is 0 Å². The monoisotopic (exact) mass is 278 g/mol. The highest BCUT2D eigenvalue weighted by Crippen LogP contribution is 2.06. The molecule has 0 saturated carbocycles. The Morgan fingerprint density at radius 2 is 2.05 bits per heavy atom. The summed E-state index contributed by atoms with van der Waals surface area (Å²) in [5.41, 5.74) is 0.251. The van der Waals surface area contributed by atoms with E-state index in [4.69, 9.17) is 5.26 Å². The molecule has 1 atom stereocenters. The van der Waals surface area contributed by atoms with E-state index in [9.17, 15) is 14.0 Å². The van der Waals surface area contributed by atoms with Gasteiger partial charge in [0, 0.05) is 12.0 Å². The first kappa shape index (κ1) is 15.6. The SMILES string of the molecule is COC(=O)[C@@H](CCCC#N)NC(=O)c1ccc(F)cc1. The first-order valence-corrected chi connectivity index (χ1v) is 6.09. The van der Waals surface area contributed by atoms with Crippen molar-refractivity contribution in [2.45, 2.75) is 25.3 Å². The highest BCUT2D eigenvalue weighted by atomic mass is 19.1. The van der Waals surface area contributed by atoms with Crippen LogP contribution >= 0.6 is 0 Å². The van der Waals surface area contributed by atoms with Crippen LogP contribution in [0.2, 0.25) is 0 Å². The molecule has 0 heterocycles. The maximum absolute atomic E-state index is 12.8. The van der Waals surface area contributed by atoms with Crippen molar-refractivity contribution >= 4 is 11.9 Å². The van der Waals surface area contributed by atoms with E-state index < -0.39 is 23.7 Å². The number of halogens is 1. The highest BCUT2D eigenvalue weighted by Gasteiger charge is 2.21. The first-order chi connectivity index (χ1) is 9.58. The van der Waals surface area contributed by atoms with E-state index in [2.05, 4.69) is 10.1 Å². The molecular weight excluding hydrogens is 263 g/mol. The van der Waals surface area contributed by atoms with Gasteiger partial charge in [-0.15, -0.1) is 0 Å². The standard InChI is InChI=1S/C14H15FN2O3/c1-20-14(19)12(4-2-3-9-16)17-13(18)10-5-7-11(15)8-6-10/h5-8,12H,2-4H2,1H3,(H,17,18)/t12-/m1/s1. The molecule has 20 heavy (non-hydrogen) atoms. The molecule has 5 nitrogen and oxygen atoms in total. The summed E-state index contributed by atoms with van der Waals surface area (Å²) in [6.45, 7) is 0. The average Bonchev–Trinajstić information content (AvgIpc) is 2.46. The van der Waals surface area contributed by atoms with Gasteiger partial charge >= 0.3 is 5.97 Å². The van der Waals surface area contributed by atoms with Crippen LogP contribution in [0.5, 0.6) is 0 Å². The summed E-state index contributed by atoms with van der Waals surface area (Å²) in [5, 5.41) is 11.0. The lowest BCUT2D eigenvalue weighted by Crippen LogP contribution is -2.41. The van der Waals surface area contributed by atoms with Crippen molar-refractivity contribution in [2.75, 3.05) is 7.11 Å². The van der Waals surface area contributed by atoms with Gasteiger partial charge in [0.2, 0.25) is 0 Å². The van der Waals surface area contributed by atoms with Gasteiger partial charge < -0.3 is 10.1 Å². The van der Waals surface area contributed by atoms with Gasteiger partial charge in [-0.3, -0.25) is 4.79 Å². The topological polar surface area (TPSA) is 79.2 Å². The maximum Gasteiger partial charge on any atom is 0.328 e. The van der Waals surface area contributed by atoms with E-state index in [1.807, 2.05) is 6.07 Å². The molecule has 0 unspecified atom stereocenters. The summed E-state index contributed by atoms with van der Waals surface area (Å²) in [7, 11) is 1.23. The summed E-state index contributed by atoms with van der Waals surface area (Å²) < 4.78 is 17.4. The Labute approximate surface area is 116 Å². The molecule has 0 aliphatic carbocycles. The Hall–Kier alpha value is -2.42. The Balaban J connectivity index is 2.68. The molecule has 0 radical (unpaired) electrons. The van der Waals surface area contributed by atoms with E-state index in [0.29, 0.717) is 19.3 Å². The normalized spacial score (nSPS) is 11.2. The largest absolute Gasteiger partial charge is 0.467 e. The molecule has 1 rings (SSSR count). The molecule has 0 bridgehead atoms. The summed E-state index contributed by atoms with van der Waals surface area (Å²) in [4.78, 5) is 23.5. The quantitative estimate of drug-likeness (QED) is 0.635. The van der Waals surface area contributed by atoms with Crippen molar-refractivity contribution in [3.8, 4) is 6.07 Å². The van der Waals surface area contributed by atoms with Crippen molar-refractivity contribution in [1.29, 1.82) is 5.26 Å². The third kappa shape index (κ3) is 4.69. The van der Waals surface area contributed by atoms with Gasteiger partial charge in [0.15, 0.2) is 0 Å². The van der Waals surface area contributed by atoms with Gasteiger partial charge in [0.1, 0.15) is 11.9 Å². The number of carbonyl (C=O) groups excluding carboxylic acids is 2. The lowest BCUT2D eigenvalue weighted by Gasteiger charge is -2.15. The molecule has 0 spiro atoms. The van der Waals surface area contributed by atoms with Gasteiger partial charge in [-0.25, -0.2) is 9.18 Å². The molecule has 0 aliphatic heterocycles. The predicted molar refractivity (Wildman–Crippen MR) is 69.1 cm³/mol. The van der Waals surface area contributed by atoms with Crippen molar-refractivity contribution in [2.24, 2.45) is 0 Å². The number of amides is 1. The minimum atomic E-state index is -0.814. The number of rotatable bonds is 6. The van der Waals surface area contributed by atoms with Gasteiger partial charge in [0.25, 0.3) is 5.91 Å². The second kappa shape index (κ2) is 7.89. The minimum Gasteiger partial charge on any atom is -0.467 e. The van der Waals surface area contributed by atoms with Crippen molar-refractivity contribution < 1.29 is 18.7 Å². The lowest BCUT2D eigenvalue weighted by molar-refractivity contribution is -0.143. The molecule has 1 aromatic rings. The second-order valence-electron chi connectivity index (χ2n) is 4.11. The van der Waals surface area contributed by atoms with Gasteiger partial charge in [-0.05, 0) is 37.1 Å². The van der Waals surface area contributed by atoms with Crippen LogP contribution in [0.1, 0.15) is 29.6 Å². The molecule has 6 heteroatoms. The number of hydrogen-bond acceptors (Lipinski definition) is 4. The molecule has 0 aromatic heterocycles. The zero-order chi connectivity index (χ0) is 15.0. The number of nitrogens with zero attached hydrogens (tertiary/aromatic N) is 1. The Morgan fingerprint density at radius 3 is 2.60 bits per heavy atom. The molecule has 0 aliphatic rings. The highest BCUT2D eigenvalue weighted by molar-refractivity contribution is 5.96. The number of unbranched alkanes of at least 4 members (excludes halogenated alkanes) is 1. The lowest BCUT2D eigenvalue weighted by atomic mass is 10.1. The van der Waals surface area contributed by atoms with E-state index >= 15 is 0 Å². The summed E-state index contributed by atoms with van der Waals surface area (Å²) in [6, 6.07) is 6.13. The molecule has 0 saturated heterocycles. The van der Waals surface area contributed by atoms with Crippen LogP contribution in [0, 0.1) is 17.1 Å². The Bertz CT molecular complexity index is 508. The summed E-state index contributed by atoms with van der Waals surface area (Å²) in [6.07, 6.45) is 1.08. The molecule has 1 N–H and O–H groups in total. The van der Waals surface area contributed by atoms with E-state index in [0.717, 1.165) is 12.1 Å². The summed E-state index contributed by atoms with van der Waals surface area (Å²) in [5.74, 6) is -1.50. The Morgan fingerprint density at radius 1 is 1.40 bits per heavy atom. The van der Waals surface area contributed by atoms with Crippen LogP contribution in [-0.2, 0) is 9.53 Å². The van der Waals surface area contributed by atoms with Crippen molar-refractivity contribution in [3.63, 3.8) is 0 Å². The van der Waals surface area contributed by atoms with Gasteiger partial charge in [-0.1, -0.05) is 0 Å². The van der Waals surface area contributed by atoms with Crippen molar-refractivity contribution in [3.05, 3.63) is 35.6 Å². The number of nitrogens with one attached hydrogen (secondary N) is 1. The molecule has 1 amide bonds. The average molecular weight is 278 g/mol. The third-order valence-corrected chi connectivity index (χ3v) is 2.68. The fraction of sp³-hybridized carbons (Fsp3) is 0.357. The zero-order valence-corrected chi connectivity index (χ0v) is 11.1. The molecule has 0 fully saturated rings. The fourth-order valence-corrected chi connectivity index (χ4v) is 1.62. The number of carbonyl (C=O) groups is 2. The number of benzene rings is 1. The van der Waals surface area contributed by atoms with E-state index in [-0.39, 0.29) is 5.56 Å². The van der Waals surface area contributed by atoms with Crippen LogP contribution < -0.4 is 5.32 Å². The van der Waals surface area contributed by atoms with E-state index in [1.54, 1.807) is 0 Å². The van der Waals surface area contributed by atoms with Crippen LogP contribution in [-0.4, -0.2) is 25.0 Å². The number of hydrogen-bond donors (Lipinski definition) is 1. The fourth-order valence-electron chi connectivity index (χ4n) is 1.62. The maximum atomic E-state index is 12.8. The van der Waals surface area contributed by atoms with Crippen molar-refractivity contribution in [1.82, 2.24) is 5.32 Å². The smallest absolute Gasteiger partial charge is 0.328 e. The third-order valence-electron chi connectivity index (χ3n) is 2.68. The number of nitriles is 1. The zero-order valence-electron chi connectivity index (χ0n) is 11.1. The second-order valence-corrected chi connectivity index (χ2v) is 4.11. The van der Waals surface area contributed by atoms with Crippen LogP contribution in [0.25, 0.3) is 0 Å². The Kier molecular flexibility index (Phi) is 6.17. The molecule has 106 valence electrons. The van der Waals surface area contributed by atoms with Gasteiger partial charge in [-0.2, -0.15) is 5.26 Å². The van der Waals surface area contributed by atoms with Gasteiger partial charge in [0.05, 0.1) is 13.2 Å². The first-order valence-electron chi connectivity index (χ1n) is 6.09. The predicted octanol–water partition coefficient (Wildman–Crippen LogP) is 1.79. The number of esters is 1. The minimum absolute atomic E-state index is 0.251. The molecular formula is C14H15FN2O3. The molecule has 1 aromatic carbocycles. The van der Waals surface area contributed by atoms with Crippen LogP contribution in [0.15, 0.2) is 24.3 Å². The summed E-state index contributed by atoms with van der Waals surface area (Å²) >= 11 is 0. The number of methoxy groups -OCH3 is 1. The van der Waals surface area contributed by atoms with E-state index in [1.165, 1.54) is 19.2 Å².